The number of aliphatic carboxylic acids is 1. The molecule has 5 heteroatoms. The molecule has 1 fully saturated rings. The Morgan fingerprint density at radius 3 is 2.52 bits per heavy atom. The number of carboxylic acids is 1. The molecule has 1 aliphatic rings. The van der Waals surface area contributed by atoms with Crippen molar-refractivity contribution >= 4 is 27.8 Å². The van der Waals surface area contributed by atoms with Crippen molar-refractivity contribution in [1.29, 1.82) is 0 Å². The second-order valence-electron chi connectivity index (χ2n) is 5.69. The van der Waals surface area contributed by atoms with Crippen LogP contribution in [0.4, 0.5) is 0 Å². The summed E-state index contributed by atoms with van der Waals surface area (Å²) in [5.41, 5.74) is 1.77. The number of piperidine rings is 1. The third-order valence-electron chi connectivity index (χ3n) is 3.96. The smallest absolute Gasteiger partial charge is 0.303 e. The van der Waals surface area contributed by atoms with E-state index in [-0.39, 0.29) is 12.3 Å². The summed E-state index contributed by atoms with van der Waals surface area (Å²) in [6.45, 7) is 3.41. The molecular weight excluding hydrogens is 334 g/mol. The predicted octanol–water partition coefficient (Wildman–Crippen LogP) is 3.47. The van der Waals surface area contributed by atoms with Crippen molar-refractivity contribution < 1.29 is 14.7 Å². The summed E-state index contributed by atoms with van der Waals surface area (Å²) in [6.07, 6.45) is 2.73. The van der Waals surface area contributed by atoms with Gasteiger partial charge in [0.1, 0.15) is 0 Å². The number of halogens is 1. The summed E-state index contributed by atoms with van der Waals surface area (Å²) < 4.78 is 0.919. The number of amides is 1. The van der Waals surface area contributed by atoms with Crippen LogP contribution in [0.3, 0.4) is 0 Å². The first-order chi connectivity index (χ1) is 9.95. The first kappa shape index (κ1) is 16.0. The molecule has 1 heterocycles. The topological polar surface area (TPSA) is 57.6 Å². The Bertz CT molecular complexity index is 516. The molecular formula is C16H20BrNO3. The molecule has 0 bridgehead atoms. The minimum Gasteiger partial charge on any atom is -0.481 e. The van der Waals surface area contributed by atoms with Crippen LogP contribution in [0.5, 0.6) is 0 Å². The predicted molar refractivity (Wildman–Crippen MR) is 84.4 cm³/mol. The van der Waals surface area contributed by atoms with Crippen LogP contribution in [-0.4, -0.2) is 35.0 Å². The van der Waals surface area contributed by atoms with E-state index in [4.69, 9.17) is 5.11 Å². The van der Waals surface area contributed by atoms with Crippen LogP contribution >= 0.6 is 15.9 Å². The van der Waals surface area contributed by atoms with Crippen LogP contribution in [0, 0.1) is 12.8 Å². The SMILES string of the molecule is Cc1cc(Br)cc(C(=O)N2CCC(CCC(=O)O)CC2)c1. The maximum absolute atomic E-state index is 12.5. The largest absolute Gasteiger partial charge is 0.481 e. The monoisotopic (exact) mass is 353 g/mol. The maximum atomic E-state index is 12.5. The van der Waals surface area contributed by atoms with Crippen molar-refractivity contribution in [2.24, 2.45) is 5.92 Å². The lowest BCUT2D eigenvalue weighted by molar-refractivity contribution is -0.137. The highest BCUT2D eigenvalue weighted by Gasteiger charge is 2.24. The van der Waals surface area contributed by atoms with E-state index in [2.05, 4.69) is 15.9 Å². The van der Waals surface area contributed by atoms with E-state index in [1.165, 1.54) is 0 Å². The quantitative estimate of drug-likeness (QED) is 0.901. The molecule has 0 saturated carbocycles. The van der Waals surface area contributed by atoms with Crippen molar-refractivity contribution in [3.63, 3.8) is 0 Å². The lowest BCUT2D eigenvalue weighted by atomic mass is 9.92. The number of hydrogen-bond acceptors (Lipinski definition) is 2. The van der Waals surface area contributed by atoms with Gasteiger partial charge in [0.2, 0.25) is 0 Å². The van der Waals surface area contributed by atoms with Crippen molar-refractivity contribution in [2.75, 3.05) is 13.1 Å². The Morgan fingerprint density at radius 1 is 1.29 bits per heavy atom. The average molecular weight is 354 g/mol. The second-order valence-corrected chi connectivity index (χ2v) is 6.60. The van der Waals surface area contributed by atoms with Gasteiger partial charge in [0.15, 0.2) is 0 Å². The molecule has 1 saturated heterocycles. The number of carbonyl (C=O) groups excluding carboxylic acids is 1. The zero-order chi connectivity index (χ0) is 15.4. The zero-order valence-corrected chi connectivity index (χ0v) is 13.7. The molecule has 0 radical (unpaired) electrons. The van der Waals surface area contributed by atoms with E-state index in [1.54, 1.807) is 0 Å². The summed E-state index contributed by atoms with van der Waals surface area (Å²) in [4.78, 5) is 25.0. The summed E-state index contributed by atoms with van der Waals surface area (Å²) >= 11 is 3.42. The molecule has 0 spiro atoms. The number of carbonyl (C=O) groups is 2. The fraction of sp³-hybridized carbons (Fsp3) is 0.500. The fourth-order valence-corrected chi connectivity index (χ4v) is 3.40. The summed E-state index contributed by atoms with van der Waals surface area (Å²) in [7, 11) is 0. The Balaban J connectivity index is 1.92. The molecule has 114 valence electrons. The fourth-order valence-electron chi connectivity index (χ4n) is 2.79. The van der Waals surface area contributed by atoms with E-state index < -0.39 is 5.97 Å². The molecule has 21 heavy (non-hydrogen) atoms. The number of rotatable bonds is 4. The molecule has 0 aliphatic carbocycles. The van der Waals surface area contributed by atoms with Crippen molar-refractivity contribution in [1.82, 2.24) is 4.90 Å². The van der Waals surface area contributed by atoms with Crippen LogP contribution < -0.4 is 0 Å². The van der Waals surface area contributed by atoms with Gasteiger partial charge in [-0.3, -0.25) is 9.59 Å². The highest BCUT2D eigenvalue weighted by atomic mass is 79.9. The first-order valence-electron chi connectivity index (χ1n) is 7.24. The van der Waals surface area contributed by atoms with E-state index in [9.17, 15) is 9.59 Å². The molecule has 1 aromatic rings. The third-order valence-corrected chi connectivity index (χ3v) is 4.42. The summed E-state index contributed by atoms with van der Waals surface area (Å²) in [5, 5.41) is 8.72. The molecule has 0 atom stereocenters. The molecule has 0 aromatic heterocycles. The van der Waals surface area contributed by atoms with Gasteiger partial charge in [-0.15, -0.1) is 0 Å². The Labute approximate surface area is 133 Å². The maximum Gasteiger partial charge on any atom is 0.303 e. The number of hydrogen-bond donors (Lipinski definition) is 1. The van der Waals surface area contributed by atoms with E-state index >= 15 is 0 Å². The second kappa shape index (κ2) is 7.07. The molecule has 1 N–H and O–H groups in total. The lowest BCUT2D eigenvalue weighted by Gasteiger charge is -2.32. The minimum atomic E-state index is -0.738. The average Bonchev–Trinajstić information content (AvgIpc) is 2.44. The molecule has 4 nitrogen and oxygen atoms in total. The molecule has 1 aromatic carbocycles. The standard InChI is InChI=1S/C16H20BrNO3/c1-11-8-13(10-14(17)9-11)16(21)18-6-4-12(5-7-18)2-3-15(19)20/h8-10,12H,2-7H2,1H3,(H,19,20). The van der Waals surface area contributed by atoms with Crippen LogP contribution in [0.15, 0.2) is 22.7 Å². The van der Waals surface area contributed by atoms with Gasteiger partial charge in [-0.25, -0.2) is 0 Å². The zero-order valence-electron chi connectivity index (χ0n) is 12.1. The van der Waals surface area contributed by atoms with Crippen molar-refractivity contribution in [3.8, 4) is 0 Å². The Morgan fingerprint density at radius 2 is 1.95 bits per heavy atom. The van der Waals surface area contributed by atoms with Gasteiger partial charge >= 0.3 is 5.97 Å². The van der Waals surface area contributed by atoms with Gasteiger partial charge in [-0.1, -0.05) is 15.9 Å². The van der Waals surface area contributed by atoms with E-state index in [0.29, 0.717) is 31.0 Å². The van der Waals surface area contributed by atoms with Gasteiger partial charge in [0.05, 0.1) is 0 Å². The number of likely N-dealkylation sites (tertiary alicyclic amines) is 1. The number of carboxylic acid groups (broad SMARTS) is 1. The Hall–Kier alpha value is -1.36. The van der Waals surface area contributed by atoms with Gasteiger partial charge in [0.25, 0.3) is 5.91 Å². The summed E-state index contributed by atoms with van der Waals surface area (Å²) in [6, 6.07) is 5.74. The molecule has 1 aliphatic heterocycles. The van der Waals surface area contributed by atoms with Crippen molar-refractivity contribution in [2.45, 2.75) is 32.6 Å². The first-order valence-corrected chi connectivity index (χ1v) is 8.03. The van der Waals surface area contributed by atoms with Crippen LogP contribution in [0.25, 0.3) is 0 Å². The molecule has 2 rings (SSSR count). The van der Waals surface area contributed by atoms with Crippen LogP contribution in [-0.2, 0) is 4.79 Å². The highest BCUT2D eigenvalue weighted by Crippen LogP contribution is 2.24. The van der Waals surface area contributed by atoms with Gasteiger partial charge < -0.3 is 10.0 Å². The normalized spacial score (nSPS) is 16.0. The van der Waals surface area contributed by atoms with Gasteiger partial charge in [0, 0.05) is 29.5 Å². The summed E-state index contributed by atoms with van der Waals surface area (Å²) in [5.74, 6) is -0.247. The van der Waals surface area contributed by atoms with Gasteiger partial charge in [-0.2, -0.15) is 0 Å². The number of nitrogens with zero attached hydrogens (tertiary/aromatic N) is 1. The Kier molecular flexibility index (Phi) is 5.39. The third kappa shape index (κ3) is 4.56. The minimum absolute atomic E-state index is 0.0658. The number of aryl methyl sites for hydroxylation is 1. The molecule has 0 unspecified atom stereocenters. The number of benzene rings is 1. The van der Waals surface area contributed by atoms with Crippen LogP contribution in [0.2, 0.25) is 0 Å². The van der Waals surface area contributed by atoms with Gasteiger partial charge in [-0.05, 0) is 55.9 Å². The molecule has 1 amide bonds. The van der Waals surface area contributed by atoms with Crippen molar-refractivity contribution in [3.05, 3.63) is 33.8 Å². The van der Waals surface area contributed by atoms with Crippen LogP contribution in [0.1, 0.15) is 41.6 Å². The lowest BCUT2D eigenvalue weighted by Crippen LogP contribution is -2.38. The highest BCUT2D eigenvalue weighted by molar-refractivity contribution is 9.10. The van der Waals surface area contributed by atoms with E-state index in [1.807, 2.05) is 30.0 Å². The van der Waals surface area contributed by atoms with E-state index in [0.717, 1.165) is 22.9 Å².